The molecule has 0 saturated carbocycles. The molecule has 124 valence electrons. The fourth-order valence-corrected chi connectivity index (χ4v) is 3.36. The van der Waals surface area contributed by atoms with Gasteiger partial charge in [-0.3, -0.25) is 10.1 Å². The number of aromatic nitrogens is 2. The average molecular weight is 384 g/mol. The van der Waals surface area contributed by atoms with Crippen LogP contribution in [-0.4, -0.2) is 22.7 Å². The lowest BCUT2D eigenvalue weighted by atomic mass is 10.2. The van der Waals surface area contributed by atoms with Gasteiger partial charge in [-0.2, -0.15) is 0 Å². The van der Waals surface area contributed by atoms with Crippen LogP contribution in [0.1, 0.15) is 17.3 Å². The third kappa shape index (κ3) is 3.69. The van der Waals surface area contributed by atoms with Crippen molar-refractivity contribution in [2.24, 2.45) is 0 Å². The summed E-state index contributed by atoms with van der Waals surface area (Å²) < 4.78 is 11.7. The van der Waals surface area contributed by atoms with Crippen LogP contribution in [0.4, 0.5) is 6.01 Å². The van der Waals surface area contributed by atoms with Crippen molar-refractivity contribution in [3.05, 3.63) is 44.6 Å². The van der Waals surface area contributed by atoms with E-state index in [9.17, 15) is 4.79 Å². The molecule has 2 aromatic heterocycles. The van der Waals surface area contributed by atoms with Gasteiger partial charge in [-0.25, -0.2) is 0 Å². The number of thiophene rings is 1. The van der Waals surface area contributed by atoms with Gasteiger partial charge in [0.25, 0.3) is 11.8 Å². The Bertz CT molecular complexity index is 861. The molecule has 0 bridgehead atoms. The van der Waals surface area contributed by atoms with Crippen LogP contribution >= 0.6 is 34.5 Å². The van der Waals surface area contributed by atoms with Gasteiger partial charge in [-0.15, -0.1) is 16.4 Å². The third-order valence-corrected chi connectivity index (χ3v) is 4.45. The number of halogens is 2. The number of benzene rings is 1. The summed E-state index contributed by atoms with van der Waals surface area (Å²) in [6, 6.07) is 8.32. The fourth-order valence-electron chi connectivity index (χ4n) is 1.91. The Morgan fingerprint density at radius 2 is 2.04 bits per heavy atom. The lowest BCUT2D eigenvalue weighted by Crippen LogP contribution is -2.12. The van der Waals surface area contributed by atoms with Crippen LogP contribution < -0.4 is 10.1 Å². The Morgan fingerprint density at radius 3 is 2.67 bits per heavy atom. The number of hydrogen-bond acceptors (Lipinski definition) is 6. The molecule has 1 N–H and O–H groups in total. The molecular weight excluding hydrogens is 373 g/mol. The second kappa shape index (κ2) is 7.21. The minimum absolute atomic E-state index is 0.0257. The van der Waals surface area contributed by atoms with Gasteiger partial charge in [0.1, 0.15) is 10.1 Å². The number of anilines is 1. The van der Waals surface area contributed by atoms with Gasteiger partial charge < -0.3 is 9.15 Å². The maximum Gasteiger partial charge on any atom is 0.322 e. The molecule has 24 heavy (non-hydrogen) atoms. The molecule has 2 heterocycles. The predicted molar refractivity (Wildman–Crippen MR) is 93.2 cm³/mol. The van der Waals surface area contributed by atoms with E-state index in [0.717, 1.165) is 0 Å². The molecule has 6 nitrogen and oxygen atoms in total. The van der Waals surface area contributed by atoms with E-state index in [1.54, 1.807) is 30.3 Å². The van der Waals surface area contributed by atoms with E-state index in [4.69, 9.17) is 32.4 Å². The summed E-state index contributed by atoms with van der Waals surface area (Å²) in [5.41, 5.74) is 0.968. The van der Waals surface area contributed by atoms with E-state index in [2.05, 4.69) is 15.5 Å². The predicted octanol–water partition coefficient (Wildman–Crippen LogP) is 4.76. The van der Waals surface area contributed by atoms with E-state index in [0.29, 0.717) is 32.2 Å². The number of rotatable bonds is 5. The molecule has 9 heteroatoms. The second-order valence-electron chi connectivity index (χ2n) is 4.56. The van der Waals surface area contributed by atoms with E-state index < -0.39 is 0 Å². The summed E-state index contributed by atoms with van der Waals surface area (Å²) in [5.74, 6) is 0.506. The quantitative estimate of drug-likeness (QED) is 0.687. The third-order valence-electron chi connectivity index (χ3n) is 2.96. The van der Waals surface area contributed by atoms with Crippen molar-refractivity contribution in [2.75, 3.05) is 11.9 Å². The minimum atomic E-state index is -0.373. The standard InChI is InChI=1S/C15H11Cl2N3O3S/c1-2-22-9-5-3-8(4-6-9)13(21)18-15-20-19-14(23-15)10-7-11(16)24-12(10)17/h3-7H,2H2,1H3,(H,18,20,21). The van der Waals surface area contributed by atoms with Crippen LogP contribution in [-0.2, 0) is 0 Å². The van der Waals surface area contributed by atoms with Gasteiger partial charge >= 0.3 is 6.01 Å². The van der Waals surface area contributed by atoms with Gasteiger partial charge in [0.05, 0.1) is 16.5 Å². The van der Waals surface area contributed by atoms with Crippen molar-refractivity contribution in [1.82, 2.24) is 10.2 Å². The highest BCUT2D eigenvalue weighted by atomic mass is 35.5. The number of ether oxygens (including phenoxy) is 1. The zero-order valence-electron chi connectivity index (χ0n) is 12.4. The van der Waals surface area contributed by atoms with Crippen molar-refractivity contribution in [1.29, 1.82) is 0 Å². The summed E-state index contributed by atoms with van der Waals surface area (Å²) in [7, 11) is 0. The van der Waals surface area contributed by atoms with Crippen molar-refractivity contribution in [3.63, 3.8) is 0 Å². The van der Waals surface area contributed by atoms with Crippen molar-refractivity contribution in [3.8, 4) is 17.2 Å². The molecule has 0 unspecified atom stereocenters. The lowest BCUT2D eigenvalue weighted by Gasteiger charge is -2.04. The molecule has 0 radical (unpaired) electrons. The summed E-state index contributed by atoms with van der Waals surface area (Å²) in [4.78, 5) is 12.2. The normalized spacial score (nSPS) is 10.6. The molecule has 1 aromatic carbocycles. The number of carbonyl (C=O) groups excluding carboxylic acids is 1. The second-order valence-corrected chi connectivity index (χ2v) is 6.85. The molecule has 3 rings (SSSR count). The topological polar surface area (TPSA) is 77.2 Å². The molecule has 0 fully saturated rings. The van der Waals surface area contributed by atoms with Gasteiger partial charge in [0.2, 0.25) is 0 Å². The highest BCUT2D eigenvalue weighted by Crippen LogP contribution is 2.37. The van der Waals surface area contributed by atoms with Crippen LogP contribution in [0.25, 0.3) is 11.5 Å². The van der Waals surface area contributed by atoms with Gasteiger partial charge in [-0.1, -0.05) is 28.3 Å². The first-order chi connectivity index (χ1) is 11.6. The van der Waals surface area contributed by atoms with E-state index in [1.807, 2.05) is 6.92 Å². The molecule has 1 amide bonds. The maximum absolute atomic E-state index is 12.2. The number of amides is 1. The summed E-state index contributed by atoms with van der Waals surface area (Å²) in [5, 5.41) is 10.2. The fraction of sp³-hybridized carbons (Fsp3) is 0.133. The summed E-state index contributed by atoms with van der Waals surface area (Å²) >= 11 is 13.1. The van der Waals surface area contributed by atoms with Crippen LogP contribution in [0, 0.1) is 0 Å². The minimum Gasteiger partial charge on any atom is -0.494 e. The Kier molecular flexibility index (Phi) is 5.03. The average Bonchev–Trinajstić information content (AvgIpc) is 3.14. The molecule has 3 aromatic rings. The first-order valence-corrected chi connectivity index (χ1v) is 8.47. The molecule has 0 aliphatic rings. The van der Waals surface area contributed by atoms with Gasteiger partial charge in [0.15, 0.2) is 0 Å². The Labute approximate surface area is 151 Å². The SMILES string of the molecule is CCOc1ccc(C(=O)Nc2nnc(-c3cc(Cl)sc3Cl)o2)cc1. The molecule has 0 aliphatic heterocycles. The van der Waals surface area contributed by atoms with Crippen LogP contribution in [0.2, 0.25) is 8.67 Å². The van der Waals surface area contributed by atoms with Crippen molar-refractivity contribution < 1.29 is 13.9 Å². The van der Waals surface area contributed by atoms with Crippen molar-refractivity contribution in [2.45, 2.75) is 6.92 Å². The van der Waals surface area contributed by atoms with Crippen LogP contribution in [0.15, 0.2) is 34.7 Å². The largest absolute Gasteiger partial charge is 0.494 e. The number of nitrogens with zero attached hydrogens (tertiary/aromatic N) is 2. The van der Waals surface area contributed by atoms with Gasteiger partial charge in [0, 0.05) is 5.56 Å². The van der Waals surface area contributed by atoms with Crippen molar-refractivity contribution >= 4 is 46.5 Å². The highest BCUT2D eigenvalue weighted by Gasteiger charge is 2.17. The number of carbonyl (C=O) groups is 1. The monoisotopic (exact) mass is 383 g/mol. The molecule has 0 atom stereocenters. The highest BCUT2D eigenvalue weighted by molar-refractivity contribution is 7.20. The smallest absolute Gasteiger partial charge is 0.322 e. The number of hydrogen-bond donors (Lipinski definition) is 1. The van der Waals surface area contributed by atoms with Gasteiger partial charge in [-0.05, 0) is 37.3 Å². The first-order valence-electron chi connectivity index (χ1n) is 6.89. The summed E-state index contributed by atoms with van der Waals surface area (Å²) in [6.07, 6.45) is 0. The van der Waals surface area contributed by atoms with Crippen LogP contribution in [0.3, 0.4) is 0 Å². The molecule has 0 spiro atoms. The summed E-state index contributed by atoms with van der Waals surface area (Å²) in [6.45, 7) is 2.45. The van der Waals surface area contributed by atoms with E-state index in [-0.39, 0.29) is 17.8 Å². The Balaban J connectivity index is 1.72. The zero-order chi connectivity index (χ0) is 17.1. The maximum atomic E-state index is 12.2. The Morgan fingerprint density at radius 1 is 1.29 bits per heavy atom. The van der Waals surface area contributed by atoms with E-state index >= 15 is 0 Å². The van der Waals surface area contributed by atoms with E-state index in [1.165, 1.54) is 11.3 Å². The molecule has 0 saturated heterocycles. The zero-order valence-corrected chi connectivity index (χ0v) is 14.7. The lowest BCUT2D eigenvalue weighted by molar-refractivity contribution is 0.102. The Hall–Kier alpha value is -2.09. The molecular formula is C15H11Cl2N3O3S. The molecule has 0 aliphatic carbocycles. The van der Waals surface area contributed by atoms with Crippen LogP contribution in [0.5, 0.6) is 5.75 Å². The number of nitrogens with one attached hydrogen (secondary N) is 1. The first kappa shape index (κ1) is 16.8.